The molecule has 0 aliphatic carbocycles. The quantitative estimate of drug-likeness (QED) is 0.595. The van der Waals surface area contributed by atoms with Crippen LogP contribution in [0.15, 0.2) is 42.0 Å². The van der Waals surface area contributed by atoms with Crippen molar-refractivity contribution < 1.29 is 14.3 Å². The molecule has 0 fully saturated rings. The van der Waals surface area contributed by atoms with Gasteiger partial charge in [-0.05, 0) is 43.7 Å². The van der Waals surface area contributed by atoms with E-state index in [9.17, 15) is 10.1 Å². The van der Waals surface area contributed by atoms with Crippen molar-refractivity contribution in [2.24, 2.45) is 0 Å². The Morgan fingerprint density at radius 3 is 2.54 bits per heavy atom. The van der Waals surface area contributed by atoms with E-state index in [0.717, 1.165) is 5.56 Å². The van der Waals surface area contributed by atoms with Crippen LogP contribution in [0.25, 0.3) is 6.08 Å². The monoisotopic (exact) mass is 370 g/mol. The van der Waals surface area contributed by atoms with Crippen LogP contribution in [-0.4, -0.2) is 19.6 Å². The first-order valence-electron chi connectivity index (χ1n) is 7.98. The second kappa shape index (κ2) is 8.93. The zero-order chi connectivity index (χ0) is 19.1. The van der Waals surface area contributed by atoms with Gasteiger partial charge in [0.1, 0.15) is 11.6 Å². The van der Waals surface area contributed by atoms with Crippen molar-refractivity contribution in [2.45, 2.75) is 13.8 Å². The molecular weight excluding hydrogens is 352 g/mol. The molecule has 2 aromatic rings. The minimum absolute atomic E-state index is 0.0707. The molecule has 134 valence electrons. The van der Waals surface area contributed by atoms with E-state index in [1.165, 1.54) is 13.2 Å². The number of anilines is 1. The van der Waals surface area contributed by atoms with Crippen LogP contribution in [0.3, 0.4) is 0 Å². The van der Waals surface area contributed by atoms with Crippen molar-refractivity contribution in [3.05, 3.63) is 58.1 Å². The zero-order valence-corrected chi connectivity index (χ0v) is 15.6. The Kier molecular flexibility index (Phi) is 6.65. The number of carbonyl (C=O) groups is 1. The SMILES string of the molecule is CCOc1cc(Cl)c(/C=C(\C#N)C(=O)Nc2ccc(C)cc2)cc1OC. The van der Waals surface area contributed by atoms with Crippen LogP contribution in [-0.2, 0) is 4.79 Å². The second-order valence-electron chi connectivity index (χ2n) is 5.45. The van der Waals surface area contributed by atoms with Gasteiger partial charge in [-0.2, -0.15) is 5.26 Å². The zero-order valence-electron chi connectivity index (χ0n) is 14.8. The van der Waals surface area contributed by atoms with Gasteiger partial charge in [0.25, 0.3) is 5.91 Å². The predicted octanol–water partition coefficient (Wildman–Crippen LogP) is 4.60. The van der Waals surface area contributed by atoms with Gasteiger partial charge in [-0.1, -0.05) is 29.3 Å². The number of nitrogens with zero attached hydrogens (tertiary/aromatic N) is 1. The van der Waals surface area contributed by atoms with Crippen molar-refractivity contribution in [2.75, 3.05) is 19.0 Å². The third kappa shape index (κ3) is 4.78. The molecule has 6 heteroatoms. The average molecular weight is 371 g/mol. The van der Waals surface area contributed by atoms with Crippen LogP contribution in [0.4, 0.5) is 5.69 Å². The molecule has 0 radical (unpaired) electrons. The van der Waals surface area contributed by atoms with E-state index in [2.05, 4.69) is 5.32 Å². The topological polar surface area (TPSA) is 71.3 Å². The van der Waals surface area contributed by atoms with Crippen LogP contribution < -0.4 is 14.8 Å². The van der Waals surface area contributed by atoms with Gasteiger partial charge in [-0.15, -0.1) is 0 Å². The van der Waals surface area contributed by atoms with Crippen molar-refractivity contribution in [3.8, 4) is 17.6 Å². The first kappa shape index (κ1) is 19.4. The molecule has 0 spiro atoms. The lowest BCUT2D eigenvalue weighted by atomic mass is 10.1. The maximum atomic E-state index is 12.4. The molecular formula is C20H19ClN2O3. The smallest absolute Gasteiger partial charge is 0.266 e. The minimum Gasteiger partial charge on any atom is -0.493 e. The highest BCUT2D eigenvalue weighted by atomic mass is 35.5. The molecule has 0 heterocycles. The lowest BCUT2D eigenvalue weighted by Crippen LogP contribution is -2.13. The summed E-state index contributed by atoms with van der Waals surface area (Å²) in [5.41, 5.74) is 2.10. The summed E-state index contributed by atoms with van der Waals surface area (Å²) in [5.74, 6) is 0.457. The number of carbonyl (C=O) groups excluding carboxylic acids is 1. The number of ether oxygens (including phenoxy) is 2. The van der Waals surface area contributed by atoms with Crippen LogP contribution >= 0.6 is 11.6 Å². The summed E-state index contributed by atoms with van der Waals surface area (Å²) in [6.45, 7) is 4.27. The molecule has 0 saturated heterocycles. The highest BCUT2D eigenvalue weighted by Gasteiger charge is 2.13. The van der Waals surface area contributed by atoms with Crippen LogP contribution in [0.2, 0.25) is 5.02 Å². The number of methoxy groups -OCH3 is 1. The number of nitrogens with one attached hydrogen (secondary N) is 1. The number of rotatable bonds is 6. The Balaban J connectivity index is 2.31. The third-order valence-electron chi connectivity index (χ3n) is 3.56. The molecule has 2 rings (SSSR count). The van der Waals surface area contributed by atoms with Gasteiger partial charge in [0, 0.05) is 11.8 Å². The highest BCUT2D eigenvalue weighted by molar-refractivity contribution is 6.32. The summed E-state index contributed by atoms with van der Waals surface area (Å²) in [6.07, 6.45) is 1.42. The fourth-order valence-electron chi connectivity index (χ4n) is 2.23. The summed E-state index contributed by atoms with van der Waals surface area (Å²) in [4.78, 5) is 12.4. The van der Waals surface area contributed by atoms with Crippen molar-refractivity contribution in [1.82, 2.24) is 0 Å². The second-order valence-corrected chi connectivity index (χ2v) is 5.85. The van der Waals surface area contributed by atoms with Gasteiger partial charge in [-0.3, -0.25) is 4.79 Å². The van der Waals surface area contributed by atoms with Crippen molar-refractivity contribution in [1.29, 1.82) is 5.26 Å². The van der Waals surface area contributed by atoms with Gasteiger partial charge in [0.05, 0.1) is 18.7 Å². The Morgan fingerprint density at radius 1 is 1.27 bits per heavy atom. The standard InChI is InChI=1S/C20H19ClN2O3/c1-4-26-19-11-17(21)14(10-18(19)25-3)9-15(12-22)20(24)23-16-7-5-13(2)6-8-16/h5-11H,4H2,1-3H3,(H,23,24)/b15-9+. The van der Waals surface area contributed by atoms with E-state index >= 15 is 0 Å². The van der Waals surface area contributed by atoms with E-state index in [4.69, 9.17) is 21.1 Å². The lowest BCUT2D eigenvalue weighted by Gasteiger charge is -2.11. The van der Waals surface area contributed by atoms with Gasteiger partial charge >= 0.3 is 0 Å². The maximum absolute atomic E-state index is 12.4. The van der Waals surface area contributed by atoms with E-state index < -0.39 is 5.91 Å². The maximum Gasteiger partial charge on any atom is 0.266 e. The van der Waals surface area contributed by atoms with Crippen molar-refractivity contribution >= 4 is 29.3 Å². The largest absolute Gasteiger partial charge is 0.493 e. The minimum atomic E-state index is -0.514. The number of amides is 1. The Morgan fingerprint density at radius 2 is 1.96 bits per heavy atom. The summed E-state index contributed by atoms with van der Waals surface area (Å²) < 4.78 is 10.7. The number of hydrogen-bond donors (Lipinski definition) is 1. The van der Waals surface area contributed by atoms with Gasteiger partial charge in [0.2, 0.25) is 0 Å². The van der Waals surface area contributed by atoms with E-state index in [-0.39, 0.29) is 5.57 Å². The molecule has 0 saturated carbocycles. The predicted molar refractivity (Wildman–Crippen MR) is 103 cm³/mol. The molecule has 0 unspecified atom stereocenters. The molecule has 1 N–H and O–H groups in total. The summed E-state index contributed by atoms with van der Waals surface area (Å²) >= 11 is 6.26. The van der Waals surface area contributed by atoms with Gasteiger partial charge in [0.15, 0.2) is 11.5 Å². The average Bonchev–Trinajstić information content (AvgIpc) is 2.63. The number of hydrogen-bond acceptors (Lipinski definition) is 4. The normalized spacial score (nSPS) is 10.8. The summed E-state index contributed by atoms with van der Waals surface area (Å²) in [6, 6.07) is 12.4. The molecule has 26 heavy (non-hydrogen) atoms. The van der Waals surface area contributed by atoms with E-state index in [0.29, 0.717) is 34.4 Å². The molecule has 5 nitrogen and oxygen atoms in total. The fraction of sp³-hybridized carbons (Fsp3) is 0.200. The van der Waals surface area contributed by atoms with Crippen LogP contribution in [0.1, 0.15) is 18.1 Å². The molecule has 0 aliphatic rings. The molecule has 0 atom stereocenters. The third-order valence-corrected chi connectivity index (χ3v) is 3.88. The Hall–Kier alpha value is -2.97. The summed E-state index contributed by atoms with van der Waals surface area (Å²) in [7, 11) is 1.51. The first-order chi connectivity index (χ1) is 12.5. The van der Waals surface area contributed by atoms with Gasteiger partial charge < -0.3 is 14.8 Å². The van der Waals surface area contributed by atoms with Crippen LogP contribution in [0, 0.1) is 18.3 Å². The van der Waals surface area contributed by atoms with E-state index in [1.807, 2.05) is 32.0 Å². The van der Waals surface area contributed by atoms with Crippen molar-refractivity contribution in [3.63, 3.8) is 0 Å². The molecule has 0 bridgehead atoms. The Bertz CT molecular complexity index is 868. The summed E-state index contributed by atoms with van der Waals surface area (Å²) in [5, 5.41) is 12.4. The first-order valence-corrected chi connectivity index (χ1v) is 8.36. The molecule has 1 amide bonds. The number of benzene rings is 2. The molecule has 0 aliphatic heterocycles. The van der Waals surface area contributed by atoms with Gasteiger partial charge in [-0.25, -0.2) is 0 Å². The van der Waals surface area contributed by atoms with E-state index in [1.54, 1.807) is 24.3 Å². The lowest BCUT2D eigenvalue weighted by molar-refractivity contribution is -0.112. The fourth-order valence-corrected chi connectivity index (χ4v) is 2.44. The number of nitriles is 1. The molecule has 2 aromatic carbocycles. The van der Waals surface area contributed by atoms with Crippen LogP contribution in [0.5, 0.6) is 11.5 Å². The Labute approximate surface area is 157 Å². The highest BCUT2D eigenvalue weighted by Crippen LogP contribution is 2.34. The number of aryl methyl sites for hydroxylation is 1. The number of halogens is 1. The molecule has 0 aromatic heterocycles.